The molecule has 7 nitrogen and oxygen atoms in total. The van der Waals surface area contributed by atoms with Gasteiger partial charge in [0.25, 0.3) is 0 Å². The van der Waals surface area contributed by atoms with Crippen molar-refractivity contribution in [2.24, 2.45) is 5.73 Å². The van der Waals surface area contributed by atoms with Gasteiger partial charge in [-0.1, -0.05) is 0 Å². The summed E-state index contributed by atoms with van der Waals surface area (Å²) in [4.78, 5) is 10.5. The number of hydrogen-bond acceptors (Lipinski definition) is 5. The molecule has 0 radical (unpaired) electrons. The minimum Gasteiger partial charge on any atom is -0.493 e. The quantitative estimate of drug-likeness (QED) is 0.649. The first-order valence-corrected chi connectivity index (χ1v) is 6.41. The molecule has 0 unspecified atom stereocenters. The Morgan fingerprint density at radius 3 is 2.90 bits per heavy atom. The van der Waals surface area contributed by atoms with Gasteiger partial charge in [-0.3, -0.25) is 0 Å². The Hall–Kier alpha value is -2.15. The second-order valence-electron chi connectivity index (χ2n) is 4.29. The molecule has 0 fully saturated rings. The lowest BCUT2D eigenvalue weighted by atomic mass is 10.1. The van der Waals surface area contributed by atoms with Gasteiger partial charge in [0.05, 0.1) is 7.11 Å². The first-order chi connectivity index (χ1) is 9.70. The third kappa shape index (κ3) is 3.67. The van der Waals surface area contributed by atoms with Gasteiger partial charge in [0.1, 0.15) is 13.2 Å². The van der Waals surface area contributed by atoms with E-state index in [-0.39, 0.29) is 0 Å². The van der Waals surface area contributed by atoms with Crippen LogP contribution in [0.5, 0.6) is 17.2 Å². The van der Waals surface area contributed by atoms with E-state index >= 15 is 0 Å². The number of methoxy groups -OCH3 is 1. The molecule has 2 amide bonds. The van der Waals surface area contributed by atoms with Crippen LogP contribution in [-0.2, 0) is 6.54 Å². The van der Waals surface area contributed by atoms with Gasteiger partial charge in [0.15, 0.2) is 11.5 Å². The smallest absolute Gasteiger partial charge is 0.312 e. The molecule has 0 saturated carbocycles. The van der Waals surface area contributed by atoms with Crippen LogP contribution in [0.1, 0.15) is 5.56 Å². The lowest BCUT2D eigenvalue weighted by Crippen LogP contribution is -2.35. The third-order valence-electron chi connectivity index (χ3n) is 2.82. The van der Waals surface area contributed by atoms with Crippen LogP contribution in [0.25, 0.3) is 0 Å². The maximum atomic E-state index is 10.5. The average Bonchev–Trinajstić information content (AvgIpc) is 2.45. The maximum absolute atomic E-state index is 10.5. The number of nitrogens with two attached hydrogens (primary N) is 1. The Morgan fingerprint density at radius 1 is 1.35 bits per heavy atom. The molecule has 1 aromatic rings. The minimum absolute atomic E-state index is 0.483. The topological polar surface area (TPSA) is 94.8 Å². The van der Waals surface area contributed by atoms with Crippen LogP contribution in [0.2, 0.25) is 0 Å². The molecule has 1 heterocycles. The number of urea groups is 1. The van der Waals surface area contributed by atoms with Gasteiger partial charge in [-0.05, 0) is 17.7 Å². The number of primary amides is 1. The molecule has 0 aromatic heterocycles. The molecule has 110 valence electrons. The highest BCUT2D eigenvalue weighted by Gasteiger charge is 2.18. The highest BCUT2D eigenvalue weighted by Crippen LogP contribution is 2.40. The van der Waals surface area contributed by atoms with Gasteiger partial charge < -0.3 is 30.6 Å². The highest BCUT2D eigenvalue weighted by atomic mass is 16.6. The summed E-state index contributed by atoms with van der Waals surface area (Å²) in [6.07, 6.45) is 0. The number of carbonyl (C=O) groups excluding carboxylic acids is 1. The number of nitrogens with one attached hydrogen (secondary N) is 2. The van der Waals surface area contributed by atoms with Crippen LogP contribution >= 0.6 is 0 Å². The van der Waals surface area contributed by atoms with E-state index in [1.807, 2.05) is 12.1 Å². The number of rotatable bonds is 6. The van der Waals surface area contributed by atoms with Crippen LogP contribution in [-0.4, -0.2) is 39.4 Å². The van der Waals surface area contributed by atoms with Gasteiger partial charge in [-0.15, -0.1) is 0 Å². The molecular formula is C13H19N3O4. The zero-order chi connectivity index (χ0) is 14.4. The zero-order valence-electron chi connectivity index (χ0n) is 11.4. The highest BCUT2D eigenvalue weighted by molar-refractivity contribution is 5.71. The van der Waals surface area contributed by atoms with Crippen LogP contribution < -0.4 is 30.6 Å². The monoisotopic (exact) mass is 281 g/mol. The van der Waals surface area contributed by atoms with E-state index in [1.54, 1.807) is 7.11 Å². The molecule has 0 aliphatic carbocycles. The molecular weight excluding hydrogens is 262 g/mol. The van der Waals surface area contributed by atoms with Crippen molar-refractivity contribution in [2.45, 2.75) is 6.54 Å². The number of benzene rings is 1. The number of carbonyl (C=O) groups is 1. The predicted octanol–water partition coefficient (Wildman–Crippen LogP) is 0.224. The molecule has 1 aliphatic rings. The molecule has 0 atom stereocenters. The van der Waals surface area contributed by atoms with Gasteiger partial charge >= 0.3 is 6.03 Å². The lowest BCUT2D eigenvalue weighted by Gasteiger charge is -2.21. The lowest BCUT2D eigenvalue weighted by molar-refractivity contribution is 0.165. The molecule has 20 heavy (non-hydrogen) atoms. The van der Waals surface area contributed by atoms with E-state index in [0.29, 0.717) is 50.1 Å². The van der Waals surface area contributed by atoms with Gasteiger partial charge in [0.2, 0.25) is 5.75 Å². The van der Waals surface area contributed by atoms with Crippen LogP contribution in [0.15, 0.2) is 12.1 Å². The normalized spacial score (nSPS) is 12.8. The molecule has 0 spiro atoms. The fourth-order valence-electron chi connectivity index (χ4n) is 1.94. The Kier molecular flexibility index (Phi) is 4.89. The summed E-state index contributed by atoms with van der Waals surface area (Å²) in [7, 11) is 1.60. The fraction of sp³-hybridized carbons (Fsp3) is 0.462. The standard InChI is InChI=1S/C13H19N3O4/c1-18-10-6-9(8-15-2-3-16-13(14)17)7-11-12(10)20-5-4-19-11/h6-7,15H,2-5,8H2,1H3,(H3,14,16,17). The van der Waals surface area contributed by atoms with Crippen LogP contribution in [0, 0.1) is 0 Å². The molecule has 2 rings (SSSR count). The van der Waals surface area contributed by atoms with Crippen molar-refractivity contribution in [1.82, 2.24) is 10.6 Å². The Bertz CT molecular complexity index is 462. The largest absolute Gasteiger partial charge is 0.493 e. The van der Waals surface area contributed by atoms with Gasteiger partial charge in [-0.2, -0.15) is 0 Å². The summed E-state index contributed by atoms with van der Waals surface area (Å²) < 4.78 is 16.4. The first-order valence-electron chi connectivity index (χ1n) is 6.41. The fourth-order valence-corrected chi connectivity index (χ4v) is 1.94. The molecule has 4 N–H and O–H groups in total. The minimum atomic E-state index is -0.521. The first kappa shape index (κ1) is 14.3. The van der Waals surface area contributed by atoms with Gasteiger partial charge in [0, 0.05) is 19.6 Å². The molecule has 0 saturated heterocycles. The van der Waals surface area contributed by atoms with E-state index < -0.39 is 6.03 Å². The number of amides is 2. The van der Waals surface area contributed by atoms with Crippen LogP contribution in [0.3, 0.4) is 0 Å². The van der Waals surface area contributed by atoms with E-state index in [9.17, 15) is 4.79 Å². The number of ether oxygens (including phenoxy) is 3. The summed E-state index contributed by atoms with van der Waals surface area (Å²) in [6.45, 7) is 2.81. The van der Waals surface area contributed by atoms with E-state index in [4.69, 9.17) is 19.9 Å². The number of hydrogen-bond donors (Lipinski definition) is 3. The van der Waals surface area contributed by atoms with Crippen molar-refractivity contribution in [1.29, 1.82) is 0 Å². The Balaban J connectivity index is 1.93. The third-order valence-corrected chi connectivity index (χ3v) is 2.82. The predicted molar refractivity (Wildman–Crippen MR) is 73.3 cm³/mol. The molecule has 0 bridgehead atoms. The SMILES string of the molecule is COc1cc(CNCCNC(N)=O)cc2c1OCCO2. The second-order valence-corrected chi connectivity index (χ2v) is 4.29. The maximum Gasteiger partial charge on any atom is 0.312 e. The van der Waals surface area contributed by atoms with Crippen molar-refractivity contribution >= 4 is 6.03 Å². The van der Waals surface area contributed by atoms with Crippen molar-refractivity contribution < 1.29 is 19.0 Å². The van der Waals surface area contributed by atoms with Crippen molar-refractivity contribution in [2.75, 3.05) is 33.4 Å². The summed E-state index contributed by atoms with van der Waals surface area (Å²) >= 11 is 0. The molecule has 1 aromatic carbocycles. The van der Waals surface area contributed by atoms with Crippen molar-refractivity contribution in [3.63, 3.8) is 0 Å². The second kappa shape index (κ2) is 6.85. The van der Waals surface area contributed by atoms with Crippen molar-refractivity contribution in [3.05, 3.63) is 17.7 Å². The average molecular weight is 281 g/mol. The molecule has 7 heteroatoms. The van der Waals surface area contributed by atoms with E-state index in [2.05, 4.69) is 10.6 Å². The summed E-state index contributed by atoms with van der Waals surface area (Å²) in [5.41, 5.74) is 5.99. The summed E-state index contributed by atoms with van der Waals surface area (Å²) in [5, 5.41) is 5.70. The van der Waals surface area contributed by atoms with E-state index in [1.165, 1.54) is 0 Å². The van der Waals surface area contributed by atoms with E-state index in [0.717, 1.165) is 5.56 Å². The van der Waals surface area contributed by atoms with Gasteiger partial charge in [-0.25, -0.2) is 4.79 Å². The summed E-state index contributed by atoms with van der Waals surface area (Å²) in [5.74, 6) is 2.01. The Morgan fingerprint density at radius 2 is 2.15 bits per heavy atom. The van der Waals surface area contributed by atoms with Crippen molar-refractivity contribution in [3.8, 4) is 17.2 Å². The molecule has 1 aliphatic heterocycles. The summed E-state index contributed by atoms with van der Waals surface area (Å²) in [6, 6.07) is 3.31. The van der Waals surface area contributed by atoms with Crippen LogP contribution in [0.4, 0.5) is 4.79 Å². The number of fused-ring (bicyclic) bond motifs is 1. The zero-order valence-corrected chi connectivity index (χ0v) is 11.4. The Labute approximate surface area is 117 Å².